The molecule has 2 aromatic rings. The van der Waals surface area contributed by atoms with Gasteiger partial charge in [-0.25, -0.2) is 9.79 Å². The van der Waals surface area contributed by atoms with E-state index >= 15 is 0 Å². The number of ether oxygens (including phenoxy) is 1. The van der Waals surface area contributed by atoms with Gasteiger partial charge in [0.1, 0.15) is 6.61 Å². The summed E-state index contributed by atoms with van der Waals surface area (Å²) < 4.78 is 29.6. The van der Waals surface area contributed by atoms with Gasteiger partial charge in [0.05, 0.1) is 18.9 Å². The molecule has 0 heterocycles. The van der Waals surface area contributed by atoms with E-state index in [1.807, 2.05) is 30.3 Å². The van der Waals surface area contributed by atoms with Crippen molar-refractivity contribution in [3.05, 3.63) is 65.7 Å². The predicted molar refractivity (Wildman–Crippen MR) is 115 cm³/mol. The molecule has 1 atom stereocenters. The highest BCUT2D eigenvalue weighted by Gasteiger charge is 2.38. The van der Waals surface area contributed by atoms with E-state index in [9.17, 15) is 9.36 Å². The van der Waals surface area contributed by atoms with Crippen LogP contribution >= 0.6 is 7.60 Å². The zero-order valence-electron chi connectivity index (χ0n) is 17.0. The Balaban J connectivity index is 2.25. The summed E-state index contributed by atoms with van der Waals surface area (Å²) in [4.78, 5) is 16.4. The van der Waals surface area contributed by atoms with E-state index in [0.717, 1.165) is 5.56 Å². The lowest BCUT2D eigenvalue weighted by atomic mass is 10.2. The molecule has 1 amide bonds. The number of amides is 1. The number of nitrogens with zero attached hydrogens (tertiary/aromatic N) is 1. The van der Waals surface area contributed by atoms with Crippen molar-refractivity contribution in [3.63, 3.8) is 0 Å². The average molecular weight is 434 g/mol. The van der Waals surface area contributed by atoms with Crippen molar-refractivity contribution in [1.82, 2.24) is 5.32 Å². The van der Waals surface area contributed by atoms with Crippen LogP contribution in [0.4, 0.5) is 10.5 Å². The summed E-state index contributed by atoms with van der Waals surface area (Å²) in [6.07, 6.45) is -0.753. The summed E-state index contributed by atoms with van der Waals surface area (Å²) in [7, 11) is -3.74. The smallest absolute Gasteiger partial charge is 0.408 e. The first-order valence-corrected chi connectivity index (χ1v) is 11.0. The number of carbonyl (C=O) groups excluding carboxylic acids is 1. The number of alkyl carbamates (subject to hydrolysis) is 1. The summed E-state index contributed by atoms with van der Waals surface area (Å²) >= 11 is 0. The number of aliphatic imine (C=N–C) groups is 1. The Morgan fingerprint density at radius 1 is 1.03 bits per heavy atom. The van der Waals surface area contributed by atoms with Crippen molar-refractivity contribution in [2.75, 3.05) is 13.2 Å². The number of nitrogens with one attached hydrogen (secondary N) is 1. The second-order valence-electron chi connectivity index (χ2n) is 6.11. The quantitative estimate of drug-likeness (QED) is 0.294. The van der Waals surface area contributed by atoms with Gasteiger partial charge in [-0.1, -0.05) is 42.5 Å². The average Bonchev–Trinajstić information content (AvgIpc) is 2.72. The van der Waals surface area contributed by atoms with Crippen LogP contribution < -0.4 is 16.8 Å². The van der Waals surface area contributed by atoms with Gasteiger partial charge in [0.25, 0.3) is 0 Å². The van der Waals surface area contributed by atoms with Gasteiger partial charge in [0, 0.05) is 0 Å². The molecule has 2 rings (SSSR count). The van der Waals surface area contributed by atoms with Crippen LogP contribution in [0.3, 0.4) is 0 Å². The number of hydrogen-bond donors (Lipinski definition) is 3. The van der Waals surface area contributed by atoms with Gasteiger partial charge < -0.3 is 30.6 Å². The first kappa shape index (κ1) is 23.4. The molecular formula is C20H27N4O5P. The van der Waals surface area contributed by atoms with Gasteiger partial charge in [-0.05, 0) is 37.1 Å². The van der Waals surface area contributed by atoms with Gasteiger partial charge in [-0.3, -0.25) is 4.57 Å². The van der Waals surface area contributed by atoms with Crippen molar-refractivity contribution < 1.29 is 23.1 Å². The van der Waals surface area contributed by atoms with Gasteiger partial charge in [0.15, 0.2) is 11.7 Å². The van der Waals surface area contributed by atoms with Crippen LogP contribution in [-0.2, 0) is 25.0 Å². The summed E-state index contributed by atoms with van der Waals surface area (Å²) in [6, 6.07) is 15.7. The maximum atomic E-state index is 13.4. The van der Waals surface area contributed by atoms with E-state index in [2.05, 4.69) is 10.3 Å². The summed E-state index contributed by atoms with van der Waals surface area (Å²) in [5.74, 6) is -1.16. The molecule has 2 aromatic carbocycles. The lowest BCUT2D eigenvalue weighted by Gasteiger charge is -2.27. The van der Waals surface area contributed by atoms with E-state index < -0.39 is 19.5 Å². The zero-order valence-corrected chi connectivity index (χ0v) is 17.9. The van der Waals surface area contributed by atoms with Crippen LogP contribution in [0.1, 0.15) is 30.8 Å². The predicted octanol–water partition coefficient (Wildman–Crippen LogP) is 3.78. The monoisotopic (exact) mass is 434 g/mol. The highest BCUT2D eigenvalue weighted by molar-refractivity contribution is 7.54. The molecule has 0 aromatic heterocycles. The maximum Gasteiger partial charge on any atom is 0.408 e. The highest BCUT2D eigenvalue weighted by atomic mass is 31.2. The van der Waals surface area contributed by atoms with Gasteiger partial charge >= 0.3 is 13.7 Å². The third-order valence-electron chi connectivity index (χ3n) is 3.87. The molecule has 0 saturated carbocycles. The van der Waals surface area contributed by atoms with E-state index in [-0.39, 0.29) is 25.8 Å². The number of benzene rings is 2. The second kappa shape index (κ2) is 11.3. The fourth-order valence-corrected chi connectivity index (χ4v) is 4.54. The van der Waals surface area contributed by atoms with E-state index in [1.54, 1.807) is 38.1 Å². The van der Waals surface area contributed by atoms with Crippen molar-refractivity contribution in [2.24, 2.45) is 16.5 Å². The first-order valence-electron chi connectivity index (χ1n) is 9.43. The minimum atomic E-state index is -3.74. The third-order valence-corrected chi connectivity index (χ3v) is 6.16. The van der Waals surface area contributed by atoms with Gasteiger partial charge in [-0.2, -0.15) is 0 Å². The van der Waals surface area contributed by atoms with E-state index in [4.69, 9.17) is 25.3 Å². The Bertz CT molecular complexity index is 876. The number of nitrogens with two attached hydrogens (primary N) is 2. The molecule has 0 aliphatic carbocycles. The number of carbonyl (C=O) groups is 1. The minimum Gasteiger partial charge on any atom is -0.445 e. The van der Waals surface area contributed by atoms with Crippen LogP contribution in [0.25, 0.3) is 0 Å². The highest BCUT2D eigenvalue weighted by Crippen LogP contribution is 2.59. The molecule has 5 N–H and O–H groups in total. The fraction of sp³-hybridized carbons (Fsp3) is 0.300. The van der Waals surface area contributed by atoms with Crippen LogP contribution in [-0.4, -0.2) is 25.3 Å². The summed E-state index contributed by atoms with van der Waals surface area (Å²) in [5, 5.41) is 2.61. The molecule has 0 radical (unpaired) electrons. The topological polar surface area (TPSA) is 138 Å². The summed E-state index contributed by atoms with van der Waals surface area (Å²) in [6.45, 7) is 3.73. The molecule has 10 heteroatoms. The SMILES string of the molecule is CCOP(=O)(OCC)C(NC(=O)OCc1ccccc1)c1ccc(N=C(N)N)cc1. The number of guanidine groups is 1. The zero-order chi connectivity index (χ0) is 22.0. The minimum absolute atomic E-state index is 0.0659. The Morgan fingerprint density at radius 2 is 1.63 bits per heavy atom. The van der Waals surface area contributed by atoms with Crippen molar-refractivity contribution >= 4 is 25.3 Å². The Labute approximate surface area is 175 Å². The van der Waals surface area contributed by atoms with Gasteiger partial charge in [-0.15, -0.1) is 0 Å². The largest absolute Gasteiger partial charge is 0.445 e. The molecule has 0 fully saturated rings. The van der Waals surface area contributed by atoms with E-state index in [1.165, 1.54) is 0 Å². The molecule has 0 saturated heterocycles. The van der Waals surface area contributed by atoms with Crippen molar-refractivity contribution in [1.29, 1.82) is 0 Å². The standard InChI is InChI=1S/C20H27N4O5P/c1-3-28-30(26,29-4-2)18(16-10-12-17(13-11-16)23-19(21)22)24-20(25)27-14-15-8-6-5-7-9-15/h5-13,18H,3-4,14H2,1-2H3,(H,24,25)(H4,21,22,23). The van der Waals surface area contributed by atoms with Crippen molar-refractivity contribution in [2.45, 2.75) is 26.2 Å². The van der Waals surface area contributed by atoms with Crippen LogP contribution in [0, 0.1) is 0 Å². The molecule has 0 aliphatic heterocycles. The lowest BCUT2D eigenvalue weighted by Crippen LogP contribution is -2.30. The Kier molecular flexibility index (Phi) is 8.86. The van der Waals surface area contributed by atoms with Gasteiger partial charge in [0.2, 0.25) is 0 Å². The number of rotatable bonds is 10. The second-order valence-corrected chi connectivity index (χ2v) is 8.22. The Hall–Kier alpha value is -2.87. The molecule has 1 unspecified atom stereocenters. The normalized spacial score (nSPS) is 12.1. The third kappa shape index (κ3) is 6.88. The molecule has 9 nitrogen and oxygen atoms in total. The maximum absolute atomic E-state index is 13.4. The molecular weight excluding hydrogens is 407 g/mol. The lowest BCUT2D eigenvalue weighted by molar-refractivity contribution is 0.134. The molecule has 0 aliphatic rings. The fourth-order valence-electron chi connectivity index (χ4n) is 2.65. The molecule has 0 spiro atoms. The van der Waals surface area contributed by atoms with Crippen LogP contribution in [0.15, 0.2) is 59.6 Å². The molecule has 30 heavy (non-hydrogen) atoms. The first-order chi connectivity index (χ1) is 14.4. The molecule has 162 valence electrons. The van der Waals surface area contributed by atoms with E-state index in [0.29, 0.717) is 11.3 Å². The van der Waals surface area contributed by atoms with Crippen LogP contribution in [0.2, 0.25) is 0 Å². The van der Waals surface area contributed by atoms with Crippen molar-refractivity contribution in [3.8, 4) is 0 Å². The number of hydrogen-bond acceptors (Lipinski definition) is 6. The molecule has 0 bridgehead atoms. The Morgan fingerprint density at radius 3 is 2.17 bits per heavy atom. The summed E-state index contributed by atoms with van der Waals surface area (Å²) in [5.41, 5.74) is 12.6. The van der Waals surface area contributed by atoms with Crippen LogP contribution in [0.5, 0.6) is 0 Å².